The number of amides is 1. The Labute approximate surface area is 183 Å². The van der Waals surface area contributed by atoms with Crippen LogP contribution in [0.5, 0.6) is 17.2 Å². The first kappa shape index (κ1) is 19.6. The molecule has 0 unspecified atom stereocenters. The van der Waals surface area contributed by atoms with Gasteiger partial charge in [-0.2, -0.15) is 0 Å². The summed E-state index contributed by atoms with van der Waals surface area (Å²) in [6.45, 7) is 0.557. The van der Waals surface area contributed by atoms with E-state index in [1.807, 2.05) is 54.6 Å². The van der Waals surface area contributed by atoms with Crippen LogP contribution in [0.15, 0.2) is 67.0 Å². The van der Waals surface area contributed by atoms with Gasteiger partial charge in [0.2, 0.25) is 6.79 Å². The number of carbonyl (C=O) groups is 1. The highest BCUT2D eigenvalue weighted by molar-refractivity contribution is 5.96. The van der Waals surface area contributed by atoms with E-state index in [4.69, 9.17) is 14.2 Å². The molecule has 1 aromatic heterocycles. The zero-order valence-electron chi connectivity index (χ0n) is 17.2. The second-order valence-corrected chi connectivity index (χ2v) is 7.13. The van der Waals surface area contributed by atoms with Crippen molar-refractivity contribution in [2.45, 2.75) is 6.54 Å². The summed E-state index contributed by atoms with van der Waals surface area (Å²) in [5, 5.41) is 14.3. The van der Waals surface area contributed by atoms with Crippen molar-refractivity contribution in [2.75, 3.05) is 13.9 Å². The van der Waals surface area contributed by atoms with Gasteiger partial charge in [0.05, 0.1) is 12.8 Å². The third-order valence-electron chi connectivity index (χ3n) is 5.09. The molecular weight excluding hydrogens is 410 g/mol. The molecule has 3 aromatic carbocycles. The maximum Gasteiger partial charge on any atom is 0.251 e. The van der Waals surface area contributed by atoms with Crippen LogP contribution in [0.4, 0.5) is 0 Å². The standard InChI is InChI=1S/C23H19N5O4/c1-30-20-4-2-3-16(11-20)17-8-18(10-19(9-17)28-13-25-26-27-28)23(29)24-12-15-5-6-21-22(7-15)32-14-31-21/h2-11,13H,12,14H2,1H3,(H,24,29). The lowest BCUT2D eigenvalue weighted by Crippen LogP contribution is -2.23. The normalized spacial score (nSPS) is 11.9. The summed E-state index contributed by atoms with van der Waals surface area (Å²) in [7, 11) is 1.62. The highest BCUT2D eigenvalue weighted by Crippen LogP contribution is 2.32. The third kappa shape index (κ3) is 3.95. The van der Waals surface area contributed by atoms with Crippen molar-refractivity contribution in [3.8, 4) is 34.1 Å². The molecule has 1 amide bonds. The van der Waals surface area contributed by atoms with Gasteiger partial charge in [0.15, 0.2) is 11.5 Å². The molecule has 1 N–H and O–H groups in total. The van der Waals surface area contributed by atoms with Crippen molar-refractivity contribution in [1.82, 2.24) is 25.5 Å². The average molecular weight is 429 g/mol. The first-order chi connectivity index (χ1) is 15.7. The Morgan fingerprint density at radius 1 is 1.06 bits per heavy atom. The lowest BCUT2D eigenvalue weighted by molar-refractivity contribution is 0.0951. The summed E-state index contributed by atoms with van der Waals surface area (Å²) >= 11 is 0. The van der Waals surface area contributed by atoms with E-state index in [9.17, 15) is 4.79 Å². The zero-order valence-corrected chi connectivity index (χ0v) is 17.2. The number of fused-ring (bicyclic) bond motifs is 1. The van der Waals surface area contributed by atoms with Crippen molar-refractivity contribution in [3.05, 3.63) is 78.1 Å². The second-order valence-electron chi connectivity index (χ2n) is 7.13. The number of hydrogen-bond acceptors (Lipinski definition) is 7. The number of carbonyl (C=O) groups excluding carboxylic acids is 1. The number of methoxy groups -OCH3 is 1. The summed E-state index contributed by atoms with van der Waals surface area (Å²) < 4.78 is 17.6. The van der Waals surface area contributed by atoms with E-state index in [1.54, 1.807) is 13.2 Å². The van der Waals surface area contributed by atoms with Crippen LogP contribution >= 0.6 is 0 Å². The third-order valence-corrected chi connectivity index (χ3v) is 5.09. The van der Waals surface area contributed by atoms with Crippen molar-refractivity contribution < 1.29 is 19.0 Å². The summed E-state index contributed by atoms with van der Waals surface area (Å²) in [6.07, 6.45) is 1.49. The number of ether oxygens (including phenoxy) is 3. The molecule has 0 radical (unpaired) electrons. The molecule has 0 atom stereocenters. The topological polar surface area (TPSA) is 100 Å². The summed E-state index contributed by atoms with van der Waals surface area (Å²) in [4.78, 5) is 13.0. The fraction of sp³-hybridized carbons (Fsp3) is 0.130. The van der Waals surface area contributed by atoms with Crippen LogP contribution < -0.4 is 19.5 Å². The quantitative estimate of drug-likeness (QED) is 0.503. The Morgan fingerprint density at radius 2 is 1.97 bits per heavy atom. The Balaban J connectivity index is 1.44. The molecule has 2 heterocycles. The van der Waals surface area contributed by atoms with Gasteiger partial charge in [-0.05, 0) is 69.6 Å². The van der Waals surface area contributed by atoms with Crippen molar-refractivity contribution in [3.63, 3.8) is 0 Å². The number of nitrogens with zero attached hydrogens (tertiary/aromatic N) is 4. The molecule has 5 rings (SSSR count). The molecule has 0 saturated carbocycles. The van der Waals surface area contributed by atoms with Crippen LogP contribution in [0.3, 0.4) is 0 Å². The minimum atomic E-state index is -0.221. The fourth-order valence-electron chi connectivity index (χ4n) is 3.46. The second kappa shape index (κ2) is 8.38. The van der Waals surface area contributed by atoms with E-state index in [1.165, 1.54) is 11.0 Å². The molecule has 32 heavy (non-hydrogen) atoms. The number of hydrogen-bond donors (Lipinski definition) is 1. The van der Waals surface area contributed by atoms with Crippen LogP contribution in [-0.4, -0.2) is 40.0 Å². The van der Waals surface area contributed by atoms with E-state index < -0.39 is 0 Å². The van der Waals surface area contributed by atoms with Gasteiger partial charge < -0.3 is 19.5 Å². The SMILES string of the molecule is COc1cccc(-c2cc(C(=O)NCc3ccc4c(c3)OCO4)cc(-n3cnnn3)c2)c1. The lowest BCUT2D eigenvalue weighted by atomic mass is 10.0. The maximum absolute atomic E-state index is 13.0. The highest BCUT2D eigenvalue weighted by Gasteiger charge is 2.15. The van der Waals surface area contributed by atoms with E-state index in [-0.39, 0.29) is 12.7 Å². The lowest BCUT2D eigenvalue weighted by Gasteiger charge is -2.11. The molecule has 0 spiro atoms. The molecule has 9 nitrogen and oxygen atoms in total. The van der Waals surface area contributed by atoms with E-state index in [0.29, 0.717) is 29.3 Å². The molecule has 0 saturated heterocycles. The predicted octanol–water partition coefficient (Wildman–Crippen LogP) is 3.00. The first-order valence-electron chi connectivity index (χ1n) is 9.89. The van der Waals surface area contributed by atoms with Crippen LogP contribution in [0, 0.1) is 0 Å². The van der Waals surface area contributed by atoms with Crippen LogP contribution in [-0.2, 0) is 6.54 Å². The van der Waals surface area contributed by atoms with Gasteiger partial charge in [-0.3, -0.25) is 4.79 Å². The molecule has 4 aromatic rings. The Morgan fingerprint density at radius 3 is 2.81 bits per heavy atom. The largest absolute Gasteiger partial charge is 0.497 e. The Kier molecular flexibility index (Phi) is 5.12. The van der Waals surface area contributed by atoms with Gasteiger partial charge in [0.1, 0.15) is 12.1 Å². The summed E-state index contributed by atoms with van der Waals surface area (Å²) in [5.74, 6) is 1.89. The van der Waals surface area contributed by atoms with E-state index in [2.05, 4.69) is 20.8 Å². The van der Waals surface area contributed by atoms with Gasteiger partial charge in [-0.15, -0.1) is 5.10 Å². The fourth-order valence-corrected chi connectivity index (χ4v) is 3.46. The van der Waals surface area contributed by atoms with Crippen LogP contribution in [0.2, 0.25) is 0 Å². The molecule has 160 valence electrons. The molecule has 9 heteroatoms. The van der Waals surface area contributed by atoms with Gasteiger partial charge in [0, 0.05) is 12.1 Å². The predicted molar refractivity (Wildman–Crippen MR) is 115 cm³/mol. The number of aromatic nitrogens is 4. The monoisotopic (exact) mass is 429 g/mol. The molecule has 0 fully saturated rings. The highest BCUT2D eigenvalue weighted by atomic mass is 16.7. The van der Waals surface area contributed by atoms with E-state index in [0.717, 1.165) is 22.4 Å². The first-order valence-corrected chi connectivity index (χ1v) is 9.89. The minimum absolute atomic E-state index is 0.210. The zero-order chi connectivity index (χ0) is 21.9. The molecule has 1 aliphatic heterocycles. The maximum atomic E-state index is 13.0. The van der Waals surface area contributed by atoms with Crippen LogP contribution in [0.25, 0.3) is 16.8 Å². The van der Waals surface area contributed by atoms with Crippen molar-refractivity contribution in [1.29, 1.82) is 0 Å². The minimum Gasteiger partial charge on any atom is -0.497 e. The van der Waals surface area contributed by atoms with Gasteiger partial charge in [-0.1, -0.05) is 18.2 Å². The average Bonchev–Trinajstić information content (AvgIpc) is 3.54. The van der Waals surface area contributed by atoms with Gasteiger partial charge in [0.25, 0.3) is 5.91 Å². The molecule has 0 bridgehead atoms. The van der Waals surface area contributed by atoms with Gasteiger partial charge >= 0.3 is 0 Å². The Hall–Kier alpha value is -4.40. The van der Waals surface area contributed by atoms with Crippen molar-refractivity contribution in [2.24, 2.45) is 0 Å². The number of tetrazole rings is 1. The molecular formula is C23H19N5O4. The summed E-state index contributed by atoms with van der Waals surface area (Å²) in [6, 6.07) is 18.7. The number of nitrogens with one attached hydrogen (secondary N) is 1. The summed E-state index contributed by atoms with van der Waals surface area (Å²) in [5.41, 5.74) is 3.81. The van der Waals surface area contributed by atoms with Gasteiger partial charge in [-0.25, -0.2) is 4.68 Å². The van der Waals surface area contributed by atoms with Crippen LogP contribution in [0.1, 0.15) is 15.9 Å². The number of rotatable bonds is 6. The Bertz CT molecular complexity index is 1270. The molecule has 1 aliphatic rings. The number of benzene rings is 3. The smallest absolute Gasteiger partial charge is 0.251 e. The van der Waals surface area contributed by atoms with Crippen molar-refractivity contribution >= 4 is 5.91 Å². The van der Waals surface area contributed by atoms with E-state index >= 15 is 0 Å². The molecule has 0 aliphatic carbocycles.